The molecule has 2 aliphatic rings. The number of halogens is 1. The molecule has 0 N–H and O–H groups in total. The normalized spacial score (nSPS) is 16.4. The summed E-state index contributed by atoms with van der Waals surface area (Å²) in [5.41, 5.74) is 1.06. The Labute approximate surface area is 213 Å². The van der Waals surface area contributed by atoms with Crippen molar-refractivity contribution < 1.29 is 28.8 Å². The Hall–Kier alpha value is -4.25. The van der Waals surface area contributed by atoms with Crippen LogP contribution in [0.1, 0.15) is 22.3 Å². The van der Waals surface area contributed by atoms with Crippen molar-refractivity contribution in [2.24, 2.45) is 0 Å². The molecule has 0 saturated carbocycles. The number of imide groups is 1. The highest BCUT2D eigenvalue weighted by atomic mass is 79.9. The Kier molecular flexibility index (Phi) is 6.15. The first kappa shape index (κ1) is 23.5. The van der Waals surface area contributed by atoms with Gasteiger partial charge in [-0.15, -0.1) is 0 Å². The summed E-state index contributed by atoms with van der Waals surface area (Å²) in [7, 11) is 0. The predicted molar refractivity (Wildman–Crippen MR) is 131 cm³/mol. The average Bonchev–Trinajstić information content (AvgIpc) is 3.46. The van der Waals surface area contributed by atoms with Crippen molar-refractivity contribution in [2.75, 3.05) is 11.7 Å². The third kappa shape index (κ3) is 4.40. The quantitative estimate of drug-likeness (QED) is 0.257. The fourth-order valence-electron chi connectivity index (χ4n) is 4.17. The molecule has 182 valence electrons. The van der Waals surface area contributed by atoms with Gasteiger partial charge in [0.05, 0.1) is 17.0 Å². The smallest absolute Gasteiger partial charge is 0.269 e. The first-order valence-corrected chi connectivity index (χ1v) is 11.7. The van der Waals surface area contributed by atoms with E-state index < -0.39 is 28.7 Å². The lowest BCUT2D eigenvalue weighted by Crippen LogP contribution is -2.45. The molecule has 3 aromatic carbocycles. The van der Waals surface area contributed by atoms with Gasteiger partial charge in [-0.3, -0.25) is 24.5 Å². The Bertz CT molecular complexity index is 1380. The zero-order valence-electron chi connectivity index (χ0n) is 18.6. The Morgan fingerprint density at radius 2 is 1.72 bits per heavy atom. The van der Waals surface area contributed by atoms with Crippen LogP contribution in [0.2, 0.25) is 0 Å². The summed E-state index contributed by atoms with van der Waals surface area (Å²) in [6, 6.07) is 15.9. The Morgan fingerprint density at radius 1 is 1.03 bits per heavy atom. The first-order valence-electron chi connectivity index (χ1n) is 10.9. The topological polar surface area (TPSA) is 119 Å². The second kappa shape index (κ2) is 9.42. The number of nitrogens with zero attached hydrogens (tertiary/aromatic N) is 3. The molecule has 10 nitrogen and oxygen atoms in total. The molecular weight excluding hydrogens is 534 g/mol. The summed E-state index contributed by atoms with van der Waals surface area (Å²) in [6.45, 7) is 0.0896. The van der Waals surface area contributed by atoms with Crippen molar-refractivity contribution in [2.45, 2.75) is 19.0 Å². The summed E-state index contributed by atoms with van der Waals surface area (Å²) < 4.78 is 11.6. The number of non-ortho nitro benzene ring substituents is 1. The van der Waals surface area contributed by atoms with E-state index in [0.717, 1.165) is 9.37 Å². The number of benzene rings is 3. The van der Waals surface area contributed by atoms with Gasteiger partial charge in [0.15, 0.2) is 11.5 Å². The second-order valence-corrected chi connectivity index (χ2v) is 9.10. The van der Waals surface area contributed by atoms with Gasteiger partial charge in [0.2, 0.25) is 12.7 Å². The van der Waals surface area contributed by atoms with Crippen molar-refractivity contribution in [1.82, 2.24) is 4.90 Å². The number of nitro groups is 1. The molecule has 0 spiro atoms. The maximum atomic E-state index is 13.6. The van der Waals surface area contributed by atoms with Gasteiger partial charge < -0.3 is 14.4 Å². The van der Waals surface area contributed by atoms with Gasteiger partial charge in [0.25, 0.3) is 17.5 Å². The molecule has 3 amide bonds. The number of hydrogen-bond donors (Lipinski definition) is 0. The zero-order valence-corrected chi connectivity index (χ0v) is 20.2. The number of ether oxygens (including phenoxy) is 2. The number of anilines is 1. The van der Waals surface area contributed by atoms with E-state index in [2.05, 4.69) is 15.9 Å². The van der Waals surface area contributed by atoms with E-state index in [4.69, 9.17) is 9.47 Å². The van der Waals surface area contributed by atoms with Crippen LogP contribution in [0.4, 0.5) is 11.4 Å². The van der Waals surface area contributed by atoms with Crippen LogP contribution in [0.25, 0.3) is 0 Å². The highest BCUT2D eigenvalue weighted by molar-refractivity contribution is 9.10. The van der Waals surface area contributed by atoms with Crippen molar-refractivity contribution in [3.63, 3.8) is 0 Å². The van der Waals surface area contributed by atoms with E-state index in [1.165, 1.54) is 29.2 Å². The van der Waals surface area contributed by atoms with Crippen molar-refractivity contribution >= 4 is 45.0 Å². The van der Waals surface area contributed by atoms with E-state index in [-0.39, 0.29) is 31.0 Å². The number of carbonyl (C=O) groups excluding carboxylic acids is 3. The van der Waals surface area contributed by atoms with Crippen LogP contribution in [0.3, 0.4) is 0 Å². The molecule has 1 unspecified atom stereocenters. The summed E-state index contributed by atoms with van der Waals surface area (Å²) in [5, 5.41) is 11.0. The summed E-state index contributed by atoms with van der Waals surface area (Å²) in [6.07, 6.45) is -0.196. The maximum absolute atomic E-state index is 13.6. The molecule has 36 heavy (non-hydrogen) atoms. The molecule has 2 heterocycles. The lowest BCUT2D eigenvalue weighted by atomic mass is 10.1. The molecule has 1 fully saturated rings. The minimum atomic E-state index is -1.06. The molecule has 11 heteroatoms. The molecule has 5 rings (SSSR count). The second-order valence-electron chi connectivity index (χ2n) is 8.19. The van der Waals surface area contributed by atoms with Crippen molar-refractivity contribution in [1.29, 1.82) is 0 Å². The fourth-order valence-corrected chi connectivity index (χ4v) is 4.44. The van der Waals surface area contributed by atoms with Crippen LogP contribution < -0.4 is 14.4 Å². The Balaban J connectivity index is 1.49. The van der Waals surface area contributed by atoms with E-state index in [9.17, 15) is 24.5 Å². The molecular formula is C25H18BrN3O7. The van der Waals surface area contributed by atoms with Crippen molar-refractivity contribution in [3.8, 4) is 11.5 Å². The van der Waals surface area contributed by atoms with Crippen molar-refractivity contribution in [3.05, 3.63) is 92.4 Å². The highest BCUT2D eigenvalue weighted by Crippen LogP contribution is 2.34. The lowest BCUT2D eigenvalue weighted by Gasteiger charge is -2.28. The SMILES string of the molecule is O=C1CC(N(Cc2ccc3c(c2)OCO3)C(=O)c2ccc([N+](=O)[O-])cc2)C(=O)N1c1ccc(Br)cc1. The van der Waals surface area contributed by atoms with Gasteiger partial charge >= 0.3 is 0 Å². The molecule has 0 radical (unpaired) electrons. The van der Waals surface area contributed by atoms with Gasteiger partial charge in [0.1, 0.15) is 6.04 Å². The number of amides is 3. The molecule has 3 aromatic rings. The van der Waals surface area contributed by atoms with Gasteiger partial charge in [-0.25, -0.2) is 4.90 Å². The molecule has 1 atom stereocenters. The minimum Gasteiger partial charge on any atom is -0.454 e. The van der Waals surface area contributed by atoms with E-state index >= 15 is 0 Å². The van der Waals surface area contributed by atoms with Crippen LogP contribution in [-0.4, -0.2) is 40.4 Å². The van der Waals surface area contributed by atoms with Gasteiger partial charge in [-0.2, -0.15) is 0 Å². The standard InChI is InChI=1S/C25H18BrN3O7/c26-17-4-8-18(9-5-17)28-23(30)12-20(25(28)32)27(13-15-1-10-21-22(11-15)36-14-35-21)24(31)16-2-6-19(7-3-16)29(33)34/h1-11,20H,12-14H2. The predicted octanol–water partition coefficient (Wildman–Crippen LogP) is 4.06. The summed E-state index contributed by atoms with van der Waals surface area (Å²) in [5.74, 6) is -0.412. The van der Waals surface area contributed by atoms with Gasteiger partial charge in [-0.1, -0.05) is 22.0 Å². The van der Waals surface area contributed by atoms with Crippen LogP contribution in [0.15, 0.2) is 71.2 Å². The summed E-state index contributed by atoms with van der Waals surface area (Å²) in [4.78, 5) is 52.8. The molecule has 0 aromatic heterocycles. The zero-order chi connectivity index (χ0) is 25.4. The molecule has 2 aliphatic heterocycles. The highest BCUT2D eigenvalue weighted by Gasteiger charge is 2.44. The molecule has 0 bridgehead atoms. The third-order valence-corrected chi connectivity index (χ3v) is 6.49. The van der Waals surface area contributed by atoms with Gasteiger partial charge in [0, 0.05) is 28.7 Å². The number of rotatable bonds is 6. The van der Waals surface area contributed by atoms with E-state index in [1.54, 1.807) is 42.5 Å². The van der Waals surface area contributed by atoms with E-state index in [1.807, 2.05) is 0 Å². The van der Waals surface area contributed by atoms with Crippen LogP contribution in [0, 0.1) is 10.1 Å². The van der Waals surface area contributed by atoms with Crippen LogP contribution in [-0.2, 0) is 16.1 Å². The Morgan fingerprint density at radius 3 is 2.42 bits per heavy atom. The van der Waals surface area contributed by atoms with Crippen LogP contribution in [0.5, 0.6) is 11.5 Å². The lowest BCUT2D eigenvalue weighted by molar-refractivity contribution is -0.384. The largest absolute Gasteiger partial charge is 0.454 e. The monoisotopic (exact) mass is 551 g/mol. The maximum Gasteiger partial charge on any atom is 0.269 e. The molecule has 0 aliphatic carbocycles. The number of fused-ring (bicyclic) bond motifs is 1. The molecule has 1 saturated heterocycles. The first-order chi connectivity index (χ1) is 17.3. The van der Waals surface area contributed by atoms with E-state index in [0.29, 0.717) is 22.7 Å². The van der Waals surface area contributed by atoms with Gasteiger partial charge in [-0.05, 0) is 54.1 Å². The van der Waals surface area contributed by atoms with Crippen LogP contribution >= 0.6 is 15.9 Å². The number of nitro benzene ring substituents is 1. The number of carbonyl (C=O) groups is 3. The average molecular weight is 552 g/mol. The summed E-state index contributed by atoms with van der Waals surface area (Å²) >= 11 is 3.33. The fraction of sp³-hybridized carbons (Fsp3) is 0.160. The number of hydrogen-bond acceptors (Lipinski definition) is 7. The minimum absolute atomic E-state index is 0.00429. The third-order valence-electron chi connectivity index (χ3n) is 5.96.